The molecule has 26 heavy (non-hydrogen) atoms. The second-order valence-electron chi connectivity index (χ2n) is 5.08. The van der Waals surface area contributed by atoms with Gasteiger partial charge in [0.05, 0.1) is 4.11 Å². The van der Waals surface area contributed by atoms with Gasteiger partial charge in [-0.2, -0.15) is 8.42 Å². The highest BCUT2D eigenvalue weighted by Gasteiger charge is 2.40. The van der Waals surface area contributed by atoms with Crippen LogP contribution in [0.3, 0.4) is 0 Å². The zero-order valence-electron chi connectivity index (χ0n) is 15.9. The van der Waals surface area contributed by atoms with Gasteiger partial charge in [0.2, 0.25) is 17.4 Å². The van der Waals surface area contributed by atoms with E-state index < -0.39 is 39.3 Å². The lowest BCUT2D eigenvalue weighted by Gasteiger charge is -2.12. The quantitative estimate of drug-likeness (QED) is 0.750. The Labute approximate surface area is 164 Å². The minimum Gasteiger partial charge on any atom is -0.460 e. The van der Waals surface area contributed by atoms with Gasteiger partial charge in [-0.05, 0) is 17.7 Å². The van der Waals surface area contributed by atoms with E-state index in [1.165, 1.54) is 42.5 Å². The number of ketones is 1. The van der Waals surface area contributed by atoms with Crippen molar-refractivity contribution < 1.29 is 26.2 Å². The zero-order valence-corrected chi connectivity index (χ0v) is 15.2. The van der Waals surface area contributed by atoms with Crippen LogP contribution in [0.15, 0.2) is 60.2 Å². The van der Waals surface area contributed by atoms with Gasteiger partial charge >= 0.3 is 10.1 Å². The molecule has 136 valence electrons. The van der Waals surface area contributed by atoms with Gasteiger partial charge in [0.1, 0.15) is 5.70 Å². The van der Waals surface area contributed by atoms with Gasteiger partial charge in [-0.25, -0.2) is 0 Å². The normalized spacial score (nSPS) is 22.4. The maximum absolute atomic E-state index is 12.8. The van der Waals surface area contributed by atoms with Crippen LogP contribution in [-0.4, -0.2) is 14.2 Å². The van der Waals surface area contributed by atoms with Gasteiger partial charge < -0.3 is 14.7 Å². The summed E-state index contributed by atoms with van der Waals surface area (Å²) in [6.45, 7) is 0. The van der Waals surface area contributed by atoms with Crippen LogP contribution >= 0.6 is 23.2 Å². The summed E-state index contributed by atoms with van der Waals surface area (Å²) in [4.78, 5) is 12.8. The summed E-state index contributed by atoms with van der Waals surface area (Å²) in [7, 11) is -5.05. The molecule has 0 fully saturated rings. The Morgan fingerprint density at radius 2 is 1.92 bits per heavy atom. The minimum absolute atomic E-state index is 0.0858. The van der Waals surface area contributed by atoms with Crippen LogP contribution in [-0.2, 0) is 29.5 Å². The smallest absolute Gasteiger partial charge is 0.313 e. The van der Waals surface area contributed by atoms with Crippen LogP contribution in [0.5, 0.6) is 0 Å². The van der Waals surface area contributed by atoms with E-state index in [9.17, 15) is 13.2 Å². The first-order chi connectivity index (χ1) is 13.4. The first kappa shape index (κ1) is 14.9. The van der Waals surface area contributed by atoms with Crippen molar-refractivity contribution in [1.82, 2.24) is 0 Å². The number of hydrogen-bond acceptors (Lipinski definition) is 6. The Morgan fingerprint density at radius 1 is 1.23 bits per heavy atom. The number of carbonyl (C=O) groups is 1. The molecule has 0 saturated carbocycles. The molecule has 1 aliphatic heterocycles. The summed E-state index contributed by atoms with van der Waals surface area (Å²) in [5.41, 5.74) is 2.22. The van der Waals surface area contributed by atoms with Crippen LogP contribution in [0.1, 0.15) is 21.3 Å². The summed E-state index contributed by atoms with van der Waals surface area (Å²) in [6.07, 6.45) is -2.52. The summed E-state index contributed by atoms with van der Waals surface area (Å²) in [6, 6.07) is 10.8. The number of carbonyl (C=O) groups excluding carboxylic acids is 1. The average Bonchev–Trinajstić information content (AvgIpc) is 2.85. The van der Waals surface area contributed by atoms with Crippen LogP contribution in [0.2, 0.25) is 10.0 Å². The Bertz CT molecular complexity index is 1130. The number of halogens is 2. The number of Topliss-reactive ketones (excluding diaryl/α,β-unsaturated/α-hetero) is 1. The number of hydrogen-bond donors (Lipinski definition) is 1. The molecule has 2 N–H and O–H groups in total. The second-order valence-corrected chi connectivity index (χ2v) is 7.21. The Morgan fingerprint density at radius 3 is 2.58 bits per heavy atom. The van der Waals surface area contributed by atoms with Crippen molar-refractivity contribution >= 4 is 39.1 Å². The van der Waals surface area contributed by atoms with E-state index in [1.54, 1.807) is 6.07 Å². The third-order valence-corrected chi connectivity index (χ3v) is 4.65. The van der Waals surface area contributed by atoms with Crippen LogP contribution in [0.25, 0.3) is 0 Å². The second kappa shape index (κ2) is 7.19. The van der Waals surface area contributed by atoms with Crippen LogP contribution in [0.4, 0.5) is 0 Å². The van der Waals surface area contributed by atoms with Gasteiger partial charge in [0, 0.05) is 15.6 Å². The average molecular weight is 417 g/mol. The first-order valence-electron chi connectivity index (χ1n) is 8.59. The van der Waals surface area contributed by atoms with Gasteiger partial charge in [-0.3, -0.25) is 4.79 Å². The largest absolute Gasteiger partial charge is 0.460 e. The van der Waals surface area contributed by atoms with Gasteiger partial charge in [-0.15, -0.1) is 0 Å². The standard InChI is InChI=1S/C17H13Cl2NO5S/c18-11-6-7-12(13(19)8-11)15-14(21)16(17(20)24-15)25-26(22,23)9-10-4-2-1-3-5-10/h1-8,15H,9,20H2/i9D2,15D. The molecule has 0 radical (unpaired) electrons. The lowest BCUT2D eigenvalue weighted by molar-refractivity contribution is -0.123. The van der Waals surface area contributed by atoms with E-state index in [0.717, 1.165) is 0 Å². The molecule has 2 aromatic rings. The lowest BCUT2D eigenvalue weighted by Crippen LogP contribution is -2.16. The summed E-state index contributed by atoms with van der Waals surface area (Å²) < 4.78 is 59.1. The number of benzene rings is 2. The zero-order chi connectivity index (χ0) is 21.6. The molecule has 6 nitrogen and oxygen atoms in total. The molecule has 1 unspecified atom stereocenters. The highest BCUT2D eigenvalue weighted by molar-refractivity contribution is 7.86. The van der Waals surface area contributed by atoms with Crippen molar-refractivity contribution in [2.24, 2.45) is 5.73 Å². The van der Waals surface area contributed by atoms with E-state index in [4.69, 9.17) is 42.0 Å². The monoisotopic (exact) mass is 416 g/mol. The SMILES string of the molecule is [2H]C1(c2ccc(Cl)cc2Cl)OC(N)=C(OS(=O)(=O)C([2H])([2H])c2ccccc2)C1=O. The maximum atomic E-state index is 12.8. The maximum Gasteiger partial charge on any atom is 0.313 e. The van der Waals surface area contributed by atoms with Crippen molar-refractivity contribution in [2.45, 2.75) is 11.8 Å². The van der Waals surface area contributed by atoms with E-state index >= 15 is 0 Å². The van der Waals surface area contributed by atoms with Gasteiger partial charge in [0.15, 0.2) is 6.08 Å². The van der Waals surface area contributed by atoms with Gasteiger partial charge in [0.25, 0.3) is 0 Å². The summed E-state index contributed by atoms with van der Waals surface area (Å²) >= 11 is 11.8. The van der Waals surface area contributed by atoms with Gasteiger partial charge in [-0.1, -0.05) is 59.6 Å². The fourth-order valence-corrected chi connectivity index (χ4v) is 3.47. The predicted octanol–water partition coefficient (Wildman–Crippen LogP) is 3.31. The van der Waals surface area contributed by atoms with E-state index in [0.29, 0.717) is 0 Å². The Hall–Kier alpha value is -2.22. The topological polar surface area (TPSA) is 95.7 Å². The molecule has 1 heterocycles. The van der Waals surface area contributed by atoms with Crippen LogP contribution in [0, 0.1) is 0 Å². The molecule has 2 aromatic carbocycles. The molecule has 3 rings (SSSR count). The van der Waals surface area contributed by atoms with Crippen LogP contribution < -0.4 is 5.73 Å². The fraction of sp³-hybridized carbons (Fsp3) is 0.118. The predicted molar refractivity (Wildman–Crippen MR) is 96.7 cm³/mol. The van der Waals surface area contributed by atoms with Crippen molar-refractivity contribution in [3.63, 3.8) is 0 Å². The van der Waals surface area contributed by atoms with Crippen molar-refractivity contribution in [3.05, 3.63) is 81.3 Å². The summed E-state index contributed by atoms with van der Waals surface area (Å²) in [5, 5.41) is 0.154. The molecule has 0 aliphatic carbocycles. The molecular formula is C17H13Cl2NO5S. The number of ether oxygens (including phenoxy) is 1. The van der Waals surface area contributed by atoms with Crippen molar-refractivity contribution in [2.75, 3.05) is 0 Å². The third-order valence-electron chi connectivity index (χ3n) is 3.23. The Kier molecular flexibility index (Phi) is 4.12. The first-order valence-corrected chi connectivity index (χ1v) is 9.25. The summed E-state index contributed by atoms with van der Waals surface area (Å²) in [5.74, 6) is -3.05. The highest BCUT2D eigenvalue weighted by Crippen LogP contribution is 2.36. The molecule has 0 aromatic heterocycles. The van der Waals surface area contributed by atoms with Crippen molar-refractivity contribution in [1.29, 1.82) is 0 Å². The fourth-order valence-electron chi connectivity index (χ4n) is 2.13. The lowest BCUT2D eigenvalue weighted by atomic mass is 10.1. The number of nitrogens with two attached hydrogens (primary N) is 1. The minimum atomic E-state index is -5.05. The van der Waals surface area contributed by atoms with E-state index in [1.807, 2.05) is 0 Å². The molecule has 0 spiro atoms. The molecule has 0 bridgehead atoms. The van der Waals surface area contributed by atoms with E-state index in [2.05, 4.69) is 0 Å². The molecular weight excluding hydrogens is 401 g/mol. The molecule has 0 saturated heterocycles. The number of rotatable bonds is 5. The third kappa shape index (κ3) is 3.95. The van der Waals surface area contributed by atoms with Crippen molar-refractivity contribution in [3.8, 4) is 0 Å². The Balaban J connectivity index is 1.96. The molecule has 1 aliphatic rings. The molecule has 9 heteroatoms. The van der Waals surface area contributed by atoms with E-state index in [-0.39, 0.29) is 21.2 Å². The molecule has 1 atom stereocenters. The highest BCUT2D eigenvalue weighted by atomic mass is 35.5. The molecule has 0 amide bonds.